The summed E-state index contributed by atoms with van der Waals surface area (Å²) in [6.07, 6.45) is 3.56. The molecule has 4 rings (SSSR count). The highest BCUT2D eigenvalue weighted by atomic mass is 35.5. The Labute approximate surface area is 158 Å². The van der Waals surface area contributed by atoms with E-state index in [1.54, 1.807) is 0 Å². The Balaban J connectivity index is 1.58. The molecule has 140 valence electrons. The second kappa shape index (κ2) is 6.24. The lowest BCUT2D eigenvalue weighted by molar-refractivity contribution is -0.134. The minimum Gasteiger partial charge on any atom is -0.386 e. The molecule has 3 heterocycles. The standard InChI is InChI=1S/C20H26ClN3O2/c1-12(2)8-17(25)23-6-4-14(5-7-23)20(3)19(26)16-10-15(21)9-13-11-22-24(20)18(13)16/h9-12,14,19,26H,4-8H2,1-3H3/t19-,20?/m1/s1. The van der Waals surface area contributed by atoms with Crippen molar-refractivity contribution in [2.75, 3.05) is 13.1 Å². The molecule has 0 bridgehead atoms. The van der Waals surface area contributed by atoms with E-state index in [0.717, 1.165) is 42.4 Å². The van der Waals surface area contributed by atoms with Crippen LogP contribution in [-0.4, -0.2) is 38.8 Å². The number of carbonyl (C=O) groups excluding carboxylic acids is 1. The topological polar surface area (TPSA) is 58.4 Å². The number of carbonyl (C=O) groups is 1. The molecular formula is C20H26ClN3O2. The second-order valence-corrected chi connectivity index (χ2v) is 8.81. The van der Waals surface area contributed by atoms with Gasteiger partial charge in [-0.3, -0.25) is 9.48 Å². The van der Waals surface area contributed by atoms with Gasteiger partial charge in [0.1, 0.15) is 6.10 Å². The molecule has 1 aromatic carbocycles. The molecule has 2 aliphatic rings. The Morgan fingerprint density at radius 1 is 1.38 bits per heavy atom. The number of hydrogen-bond acceptors (Lipinski definition) is 3. The van der Waals surface area contributed by atoms with Crippen LogP contribution in [0.25, 0.3) is 10.9 Å². The van der Waals surface area contributed by atoms with E-state index in [0.29, 0.717) is 17.4 Å². The van der Waals surface area contributed by atoms with Crippen molar-refractivity contribution in [2.24, 2.45) is 11.8 Å². The van der Waals surface area contributed by atoms with Gasteiger partial charge in [0.2, 0.25) is 5.91 Å². The van der Waals surface area contributed by atoms with Crippen LogP contribution in [0.15, 0.2) is 18.3 Å². The molecule has 0 spiro atoms. The van der Waals surface area contributed by atoms with Gasteiger partial charge in [-0.1, -0.05) is 25.4 Å². The lowest BCUT2D eigenvalue weighted by Crippen LogP contribution is -2.48. The normalized spacial score (nSPS) is 26.2. The number of halogens is 1. The van der Waals surface area contributed by atoms with Gasteiger partial charge in [0, 0.05) is 35.5 Å². The number of nitrogens with zero attached hydrogens (tertiary/aromatic N) is 3. The maximum Gasteiger partial charge on any atom is 0.222 e. The third-order valence-electron chi connectivity index (χ3n) is 6.22. The summed E-state index contributed by atoms with van der Waals surface area (Å²) in [5, 5.41) is 17.3. The van der Waals surface area contributed by atoms with E-state index in [-0.39, 0.29) is 11.8 Å². The molecule has 6 heteroatoms. The summed E-state index contributed by atoms with van der Waals surface area (Å²) in [6.45, 7) is 7.74. The molecule has 2 aliphatic heterocycles. The second-order valence-electron chi connectivity index (χ2n) is 8.37. The molecule has 2 atom stereocenters. The number of benzene rings is 1. The Kier molecular flexibility index (Phi) is 4.27. The fourth-order valence-corrected chi connectivity index (χ4v) is 4.99. The summed E-state index contributed by atoms with van der Waals surface area (Å²) in [7, 11) is 0. The van der Waals surface area contributed by atoms with Crippen molar-refractivity contribution in [3.8, 4) is 0 Å². The highest BCUT2D eigenvalue weighted by Crippen LogP contribution is 2.51. The maximum absolute atomic E-state index is 12.4. The zero-order valence-electron chi connectivity index (χ0n) is 15.6. The van der Waals surface area contributed by atoms with Gasteiger partial charge >= 0.3 is 0 Å². The molecule has 0 radical (unpaired) electrons. The summed E-state index contributed by atoms with van der Waals surface area (Å²) >= 11 is 6.23. The zero-order chi connectivity index (χ0) is 18.6. The first kappa shape index (κ1) is 17.8. The highest BCUT2D eigenvalue weighted by molar-refractivity contribution is 6.31. The molecule has 1 N–H and O–H groups in total. The highest BCUT2D eigenvalue weighted by Gasteiger charge is 2.50. The zero-order valence-corrected chi connectivity index (χ0v) is 16.3. The van der Waals surface area contributed by atoms with Gasteiger partial charge in [-0.05, 0) is 43.7 Å². The molecule has 2 aromatic rings. The molecule has 26 heavy (non-hydrogen) atoms. The van der Waals surface area contributed by atoms with E-state index in [9.17, 15) is 9.90 Å². The Hall–Kier alpha value is -1.59. The van der Waals surface area contributed by atoms with Crippen LogP contribution < -0.4 is 0 Å². The van der Waals surface area contributed by atoms with Crippen LogP contribution in [0.4, 0.5) is 0 Å². The number of aliphatic hydroxyl groups is 1. The van der Waals surface area contributed by atoms with E-state index < -0.39 is 11.6 Å². The van der Waals surface area contributed by atoms with Gasteiger partial charge in [-0.25, -0.2) is 0 Å². The lowest BCUT2D eigenvalue weighted by Gasteiger charge is -2.43. The average molecular weight is 376 g/mol. The van der Waals surface area contributed by atoms with Crippen molar-refractivity contribution in [3.05, 3.63) is 28.9 Å². The van der Waals surface area contributed by atoms with Crippen molar-refractivity contribution in [1.29, 1.82) is 0 Å². The lowest BCUT2D eigenvalue weighted by atomic mass is 9.75. The largest absolute Gasteiger partial charge is 0.386 e. The first-order valence-corrected chi connectivity index (χ1v) is 9.83. The molecule has 1 unspecified atom stereocenters. The SMILES string of the molecule is CC(C)CC(=O)N1CCC(C2(C)[C@H](O)c3cc(Cl)cc4cnn2c34)CC1. The van der Waals surface area contributed by atoms with Crippen LogP contribution in [0.1, 0.15) is 51.7 Å². The van der Waals surface area contributed by atoms with Crippen LogP contribution >= 0.6 is 11.6 Å². The van der Waals surface area contributed by atoms with Crippen molar-refractivity contribution in [2.45, 2.75) is 51.7 Å². The van der Waals surface area contributed by atoms with Gasteiger partial charge in [0.25, 0.3) is 0 Å². The van der Waals surface area contributed by atoms with Gasteiger partial charge in [-0.2, -0.15) is 5.10 Å². The summed E-state index contributed by atoms with van der Waals surface area (Å²) in [5.74, 6) is 0.882. The van der Waals surface area contributed by atoms with Crippen molar-refractivity contribution < 1.29 is 9.90 Å². The first-order chi connectivity index (χ1) is 12.3. The molecule has 1 aromatic heterocycles. The van der Waals surface area contributed by atoms with Gasteiger partial charge in [0.15, 0.2) is 0 Å². The van der Waals surface area contributed by atoms with Gasteiger partial charge in [0.05, 0.1) is 17.3 Å². The van der Waals surface area contributed by atoms with Crippen LogP contribution in [-0.2, 0) is 10.3 Å². The van der Waals surface area contributed by atoms with Gasteiger partial charge < -0.3 is 10.0 Å². The van der Waals surface area contributed by atoms with Crippen molar-refractivity contribution in [1.82, 2.24) is 14.7 Å². The van der Waals surface area contributed by atoms with Crippen molar-refractivity contribution >= 4 is 28.4 Å². The number of hydrogen-bond donors (Lipinski definition) is 1. The van der Waals surface area contributed by atoms with Gasteiger partial charge in [-0.15, -0.1) is 0 Å². The fourth-order valence-electron chi connectivity index (χ4n) is 4.76. The van der Waals surface area contributed by atoms with Crippen LogP contribution in [0.2, 0.25) is 5.02 Å². The predicted octanol–water partition coefficient (Wildman–Crippen LogP) is 3.74. The van der Waals surface area contributed by atoms with Crippen LogP contribution in [0.5, 0.6) is 0 Å². The third-order valence-corrected chi connectivity index (χ3v) is 6.44. The summed E-state index contributed by atoms with van der Waals surface area (Å²) in [6, 6.07) is 3.76. The van der Waals surface area contributed by atoms with E-state index in [1.807, 2.05) is 27.9 Å². The molecular weight excluding hydrogens is 350 g/mol. The Bertz CT molecular complexity index is 854. The number of amides is 1. The number of aromatic nitrogens is 2. The summed E-state index contributed by atoms with van der Waals surface area (Å²) in [4.78, 5) is 14.3. The van der Waals surface area contributed by atoms with E-state index >= 15 is 0 Å². The average Bonchev–Trinajstić information content (AvgIpc) is 3.11. The fraction of sp³-hybridized carbons (Fsp3) is 0.600. The number of rotatable bonds is 3. The molecule has 0 aliphatic carbocycles. The molecule has 0 saturated carbocycles. The summed E-state index contributed by atoms with van der Waals surface area (Å²) < 4.78 is 1.99. The molecule has 1 fully saturated rings. The first-order valence-electron chi connectivity index (χ1n) is 9.46. The molecule has 5 nitrogen and oxygen atoms in total. The van der Waals surface area contributed by atoms with Crippen LogP contribution in [0, 0.1) is 11.8 Å². The predicted molar refractivity (Wildman–Crippen MR) is 102 cm³/mol. The quantitative estimate of drug-likeness (QED) is 0.889. The van der Waals surface area contributed by atoms with E-state index in [4.69, 9.17) is 11.6 Å². The maximum atomic E-state index is 12.4. The minimum absolute atomic E-state index is 0.243. The monoisotopic (exact) mass is 375 g/mol. The summed E-state index contributed by atoms with van der Waals surface area (Å²) in [5.41, 5.74) is 1.36. The number of aliphatic hydroxyl groups excluding tert-OH is 1. The molecule has 1 saturated heterocycles. The van der Waals surface area contributed by atoms with E-state index in [1.165, 1.54) is 0 Å². The van der Waals surface area contributed by atoms with Crippen LogP contribution in [0.3, 0.4) is 0 Å². The van der Waals surface area contributed by atoms with E-state index in [2.05, 4.69) is 25.9 Å². The Morgan fingerprint density at radius 2 is 2.08 bits per heavy atom. The third kappa shape index (κ3) is 2.55. The Morgan fingerprint density at radius 3 is 2.73 bits per heavy atom. The number of piperidine rings is 1. The minimum atomic E-state index is -0.629. The molecule has 1 amide bonds. The smallest absolute Gasteiger partial charge is 0.222 e. The van der Waals surface area contributed by atoms with Crippen molar-refractivity contribution in [3.63, 3.8) is 0 Å². The number of likely N-dealkylation sites (tertiary alicyclic amines) is 1.